The largest absolute Gasteiger partial charge is 0.337 e. The van der Waals surface area contributed by atoms with E-state index in [-0.39, 0.29) is 5.91 Å². The third-order valence-corrected chi connectivity index (χ3v) is 7.04. The van der Waals surface area contributed by atoms with E-state index >= 15 is 0 Å². The Morgan fingerprint density at radius 2 is 1.81 bits per heavy atom. The highest BCUT2D eigenvalue weighted by Gasteiger charge is 2.41. The predicted molar refractivity (Wildman–Crippen MR) is 124 cm³/mol. The fourth-order valence-electron chi connectivity index (χ4n) is 4.47. The van der Waals surface area contributed by atoms with Gasteiger partial charge in [-0.05, 0) is 42.2 Å². The van der Waals surface area contributed by atoms with E-state index in [1.165, 1.54) is 11.1 Å². The van der Waals surface area contributed by atoms with Gasteiger partial charge in [0.05, 0.1) is 22.3 Å². The number of hydrogen-bond acceptors (Lipinski definition) is 3. The molecule has 8 heteroatoms. The molecule has 2 aromatic carbocycles. The summed E-state index contributed by atoms with van der Waals surface area (Å²) in [6.45, 7) is 3.12. The second-order valence-electron chi connectivity index (χ2n) is 7.89. The molecule has 2 aliphatic rings. The zero-order valence-corrected chi connectivity index (χ0v) is 19.0. The minimum atomic E-state index is -0.522. The number of fused-ring (bicyclic) bond motifs is 2. The molecule has 3 heterocycles. The Kier molecular flexibility index (Phi) is 5.29. The molecule has 158 valence electrons. The Labute approximate surface area is 195 Å². The van der Waals surface area contributed by atoms with Crippen LogP contribution in [0.5, 0.6) is 0 Å². The molecule has 0 bridgehead atoms. The maximum atomic E-state index is 13.8. The van der Waals surface area contributed by atoms with E-state index in [4.69, 9.17) is 34.8 Å². The van der Waals surface area contributed by atoms with Crippen LogP contribution in [0, 0.1) is 5.92 Å². The van der Waals surface area contributed by atoms with Crippen LogP contribution in [0.2, 0.25) is 15.1 Å². The normalized spacial score (nSPS) is 20.1. The molecule has 0 spiro atoms. The van der Waals surface area contributed by atoms with E-state index in [2.05, 4.69) is 22.2 Å². The van der Waals surface area contributed by atoms with E-state index in [0.717, 1.165) is 12.0 Å². The summed E-state index contributed by atoms with van der Waals surface area (Å²) in [6.07, 6.45) is 2.39. The lowest BCUT2D eigenvalue weighted by molar-refractivity contribution is -0.135. The Morgan fingerprint density at radius 3 is 2.58 bits per heavy atom. The fraction of sp³-hybridized carbons (Fsp3) is 0.261. The summed E-state index contributed by atoms with van der Waals surface area (Å²) in [5.74, 6) is 0.0401. The van der Waals surface area contributed by atoms with Crippen LogP contribution in [-0.2, 0) is 17.8 Å². The molecule has 0 N–H and O–H groups in total. The van der Waals surface area contributed by atoms with Gasteiger partial charge in [0.2, 0.25) is 5.91 Å². The van der Waals surface area contributed by atoms with Gasteiger partial charge >= 0.3 is 0 Å². The molecule has 0 fully saturated rings. The van der Waals surface area contributed by atoms with Gasteiger partial charge in [-0.25, -0.2) is 9.67 Å². The Balaban J connectivity index is 1.57. The lowest BCUT2D eigenvalue weighted by Gasteiger charge is -2.37. The highest BCUT2D eigenvalue weighted by atomic mass is 35.5. The van der Waals surface area contributed by atoms with Gasteiger partial charge in [-0.1, -0.05) is 65.1 Å². The van der Waals surface area contributed by atoms with E-state index in [9.17, 15) is 4.79 Å². The molecule has 2 aliphatic heterocycles. The summed E-state index contributed by atoms with van der Waals surface area (Å²) in [5.41, 5.74) is 4.01. The molecule has 5 nitrogen and oxygen atoms in total. The number of carbonyl (C=O) groups excluding carboxylic acids is 1. The first-order valence-electron chi connectivity index (χ1n) is 10.0. The third-order valence-electron chi connectivity index (χ3n) is 6.03. The molecule has 3 aromatic rings. The van der Waals surface area contributed by atoms with Crippen molar-refractivity contribution < 1.29 is 4.79 Å². The molecular formula is C23H19Cl3N4O. The number of carbonyl (C=O) groups is 1. The SMILES string of the molecule is CC1=Nc2c(Cl)cnn2C(c2ccc(Cl)c(Cl)c2)C1C(=O)N1CCc2ccccc2C1. The number of rotatable bonds is 2. The molecule has 5 rings (SSSR count). The third kappa shape index (κ3) is 3.55. The number of benzene rings is 2. The van der Waals surface area contributed by atoms with Crippen molar-refractivity contribution >= 4 is 52.2 Å². The Bertz CT molecular complexity index is 1220. The lowest BCUT2D eigenvalue weighted by atomic mass is 9.86. The number of aromatic nitrogens is 2. The van der Waals surface area contributed by atoms with Crippen molar-refractivity contribution in [3.8, 4) is 0 Å². The highest BCUT2D eigenvalue weighted by Crippen LogP contribution is 2.41. The molecule has 0 radical (unpaired) electrons. The molecule has 31 heavy (non-hydrogen) atoms. The quantitative estimate of drug-likeness (QED) is 0.476. The second kappa shape index (κ2) is 7.97. The van der Waals surface area contributed by atoms with Crippen LogP contribution < -0.4 is 0 Å². The summed E-state index contributed by atoms with van der Waals surface area (Å²) in [6, 6.07) is 13.2. The molecule has 2 atom stereocenters. The first-order valence-corrected chi connectivity index (χ1v) is 11.2. The zero-order chi connectivity index (χ0) is 21.7. The molecule has 2 unspecified atom stereocenters. The maximum absolute atomic E-state index is 13.8. The number of amides is 1. The van der Waals surface area contributed by atoms with Gasteiger partial charge in [0, 0.05) is 18.8 Å². The summed E-state index contributed by atoms with van der Waals surface area (Å²) in [4.78, 5) is 20.4. The smallest absolute Gasteiger partial charge is 0.234 e. The summed E-state index contributed by atoms with van der Waals surface area (Å²) in [7, 11) is 0. The molecular weight excluding hydrogens is 455 g/mol. The maximum Gasteiger partial charge on any atom is 0.234 e. The Hall–Kier alpha value is -2.34. The number of nitrogens with zero attached hydrogens (tertiary/aromatic N) is 4. The first kappa shape index (κ1) is 20.6. The van der Waals surface area contributed by atoms with E-state index in [1.807, 2.05) is 30.0 Å². The predicted octanol–water partition coefficient (Wildman–Crippen LogP) is 5.74. The van der Waals surface area contributed by atoms with Crippen molar-refractivity contribution in [1.29, 1.82) is 0 Å². The van der Waals surface area contributed by atoms with Gasteiger partial charge in [0.25, 0.3) is 0 Å². The summed E-state index contributed by atoms with van der Waals surface area (Å²) < 4.78 is 1.72. The average Bonchev–Trinajstić information content (AvgIpc) is 3.14. The van der Waals surface area contributed by atoms with Gasteiger partial charge in [-0.3, -0.25) is 4.79 Å². The topological polar surface area (TPSA) is 50.5 Å². The van der Waals surface area contributed by atoms with Crippen LogP contribution in [0.25, 0.3) is 0 Å². The summed E-state index contributed by atoms with van der Waals surface area (Å²) >= 11 is 18.8. The standard InChI is InChI=1S/C23H19Cl3N4O/c1-13-20(23(31)29-9-8-14-4-2-3-5-16(14)12-29)21(15-6-7-17(24)18(25)10-15)30-22(28-13)19(26)11-27-30/h2-7,10-11,20-21H,8-9,12H2,1H3. The van der Waals surface area contributed by atoms with Crippen LogP contribution in [0.3, 0.4) is 0 Å². The van der Waals surface area contributed by atoms with Crippen LogP contribution in [0.15, 0.2) is 53.7 Å². The Morgan fingerprint density at radius 1 is 1.03 bits per heavy atom. The molecule has 1 aromatic heterocycles. The number of aliphatic imine (C=N–C) groups is 1. The molecule has 1 amide bonds. The zero-order valence-electron chi connectivity index (χ0n) is 16.7. The number of halogens is 3. The van der Waals surface area contributed by atoms with E-state index in [1.54, 1.807) is 23.0 Å². The van der Waals surface area contributed by atoms with Crippen molar-refractivity contribution in [3.05, 3.63) is 80.4 Å². The van der Waals surface area contributed by atoms with E-state index in [0.29, 0.717) is 39.7 Å². The van der Waals surface area contributed by atoms with Crippen molar-refractivity contribution in [1.82, 2.24) is 14.7 Å². The van der Waals surface area contributed by atoms with Crippen LogP contribution in [-0.4, -0.2) is 32.8 Å². The van der Waals surface area contributed by atoms with Crippen molar-refractivity contribution in [2.24, 2.45) is 10.9 Å². The molecule has 0 aliphatic carbocycles. The van der Waals surface area contributed by atoms with Crippen LogP contribution in [0.1, 0.15) is 29.7 Å². The van der Waals surface area contributed by atoms with Gasteiger partial charge in [-0.2, -0.15) is 5.10 Å². The molecule has 0 saturated heterocycles. The van der Waals surface area contributed by atoms with Gasteiger partial charge in [0.1, 0.15) is 10.9 Å². The average molecular weight is 474 g/mol. The summed E-state index contributed by atoms with van der Waals surface area (Å²) in [5, 5.41) is 5.78. The van der Waals surface area contributed by atoms with Gasteiger partial charge in [0.15, 0.2) is 5.82 Å². The molecule has 0 saturated carbocycles. The van der Waals surface area contributed by atoms with Gasteiger partial charge < -0.3 is 4.90 Å². The fourth-order valence-corrected chi connectivity index (χ4v) is 4.95. The monoisotopic (exact) mass is 472 g/mol. The minimum Gasteiger partial charge on any atom is -0.337 e. The minimum absolute atomic E-state index is 0.0177. The number of hydrogen-bond donors (Lipinski definition) is 0. The first-order chi connectivity index (χ1) is 14.9. The van der Waals surface area contributed by atoms with Crippen molar-refractivity contribution in [2.75, 3.05) is 6.54 Å². The lowest BCUT2D eigenvalue weighted by Crippen LogP contribution is -2.46. The van der Waals surface area contributed by atoms with Crippen LogP contribution in [0.4, 0.5) is 5.82 Å². The van der Waals surface area contributed by atoms with Crippen molar-refractivity contribution in [2.45, 2.75) is 25.9 Å². The van der Waals surface area contributed by atoms with Crippen LogP contribution >= 0.6 is 34.8 Å². The van der Waals surface area contributed by atoms with Gasteiger partial charge in [-0.15, -0.1) is 0 Å². The second-order valence-corrected chi connectivity index (χ2v) is 9.11. The highest BCUT2D eigenvalue weighted by molar-refractivity contribution is 6.42. The van der Waals surface area contributed by atoms with Crippen molar-refractivity contribution in [3.63, 3.8) is 0 Å². The van der Waals surface area contributed by atoms with E-state index < -0.39 is 12.0 Å².